The lowest BCUT2D eigenvalue weighted by atomic mass is 9.92. The largest absolute Gasteiger partial charge is 0.493 e. The summed E-state index contributed by atoms with van der Waals surface area (Å²) in [6.07, 6.45) is 3.27. The van der Waals surface area contributed by atoms with Gasteiger partial charge in [-0.3, -0.25) is 0 Å². The van der Waals surface area contributed by atoms with Crippen molar-refractivity contribution in [3.8, 4) is 11.5 Å². The molecule has 0 bridgehead atoms. The van der Waals surface area contributed by atoms with Gasteiger partial charge in [0.05, 0.1) is 19.7 Å². The van der Waals surface area contributed by atoms with Gasteiger partial charge in [-0.15, -0.1) is 0 Å². The van der Waals surface area contributed by atoms with Crippen LogP contribution in [0.1, 0.15) is 30.1 Å². The topological polar surface area (TPSA) is 60.3 Å². The summed E-state index contributed by atoms with van der Waals surface area (Å²) >= 11 is 0. The van der Waals surface area contributed by atoms with Crippen LogP contribution in [-0.4, -0.2) is 19.2 Å². The number of aromatic amines is 1. The number of fused-ring (bicyclic) bond motifs is 3. The molecule has 1 aromatic heterocycles. The quantitative estimate of drug-likeness (QED) is 0.856. The Morgan fingerprint density at radius 1 is 1.28 bits per heavy atom. The van der Waals surface area contributed by atoms with Crippen molar-refractivity contribution in [3.63, 3.8) is 0 Å². The summed E-state index contributed by atoms with van der Waals surface area (Å²) in [5.41, 5.74) is 9.66. The van der Waals surface area contributed by atoms with E-state index in [9.17, 15) is 0 Å². The van der Waals surface area contributed by atoms with Crippen molar-refractivity contribution in [1.29, 1.82) is 0 Å². The summed E-state index contributed by atoms with van der Waals surface area (Å²) in [6, 6.07) is 4.15. The Labute approximate surface area is 106 Å². The van der Waals surface area contributed by atoms with Crippen LogP contribution in [0.4, 0.5) is 0 Å². The Morgan fingerprint density at radius 2 is 2.11 bits per heavy atom. The van der Waals surface area contributed by atoms with Gasteiger partial charge in [0.2, 0.25) is 0 Å². The van der Waals surface area contributed by atoms with E-state index in [1.807, 2.05) is 6.07 Å². The van der Waals surface area contributed by atoms with E-state index in [2.05, 4.69) is 11.1 Å². The standard InChI is InChI=1S/C14H18N2O2/c1-17-11-7-6-9-8-4-3-5-10(15)12(8)16-13(9)14(11)18-2/h6-7,10,16H,3-5,15H2,1-2H3. The third-order valence-electron chi connectivity index (χ3n) is 3.77. The Balaban J connectivity index is 2.30. The van der Waals surface area contributed by atoms with Gasteiger partial charge < -0.3 is 20.2 Å². The van der Waals surface area contributed by atoms with Crippen LogP contribution in [-0.2, 0) is 6.42 Å². The third kappa shape index (κ3) is 1.49. The van der Waals surface area contributed by atoms with E-state index in [0.29, 0.717) is 0 Å². The van der Waals surface area contributed by atoms with Crippen LogP contribution < -0.4 is 15.2 Å². The van der Waals surface area contributed by atoms with E-state index in [1.165, 1.54) is 10.9 Å². The molecule has 0 spiro atoms. The van der Waals surface area contributed by atoms with Crippen molar-refractivity contribution < 1.29 is 9.47 Å². The second-order valence-corrected chi connectivity index (χ2v) is 4.74. The molecule has 4 heteroatoms. The number of methoxy groups -OCH3 is 2. The molecule has 1 aliphatic carbocycles. The molecule has 4 nitrogen and oxygen atoms in total. The SMILES string of the molecule is COc1ccc2c3c([nH]c2c1OC)C(N)CCC3. The number of ether oxygens (including phenoxy) is 2. The highest BCUT2D eigenvalue weighted by atomic mass is 16.5. The molecule has 1 unspecified atom stereocenters. The fourth-order valence-corrected chi connectivity index (χ4v) is 2.89. The van der Waals surface area contributed by atoms with Crippen LogP contribution in [0.15, 0.2) is 12.1 Å². The first kappa shape index (κ1) is 11.4. The molecule has 3 rings (SSSR count). The highest BCUT2D eigenvalue weighted by Gasteiger charge is 2.23. The van der Waals surface area contributed by atoms with Crippen molar-refractivity contribution in [3.05, 3.63) is 23.4 Å². The molecule has 18 heavy (non-hydrogen) atoms. The second-order valence-electron chi connectivity index (χ2n) is 4.74. The van der Waals surface area contributed by atoms with Crippen molar-refractivity contribution in [2.75, 3.05) is 14.2 Å². The molecule has 0 saturated heterocycles. The first-order valence-corrected chi connectivity index (χ1v) is 6.27. The Kier molecular flexibility index (Phi) is 2.67. The van der Waals surface area contributed by atoms with Crippen molar-refractivity contribution in [2.45, 2.75) is 25.3 Å². The van der Waals surface area contributed by atoms with Crippen molar-refractivity contribution in [2.24, 2.45) is 5.73 Å². The molecule has 1 aromatic carbocycles. The molecule has 2 aromatic rings. The van der Waals surface area contributed by atoms with Gasteiger partial charge in [-0.1, -0.05) is 0 Å². The maximum Gasteiger partial charge on any atom is 0.184 e. The van der Waals surface area contributed by atoms with E-state index in [-0.39, 0.29) is 6.04 Å². The number of benzene rings is 1. The molecular weight excluding hydrogens is 228 g/mol. The van der Waals surface area contributed by atoms with E-state index in [0.717, 1.165) is 42.0 Å². The average molecular weight is 246 g/mol. The predicted molar refractivity (Wildman–Crippen MR) is 71.3 cm³/mol. The summed E-state index contributed by atoms with van der Waals surface area (Å²) in [7, 11) is 3.31. The molecule has 0 fully saturated rings. The van der Waals surface area contributed by atoms with Crippen LogP contribution in [0.25, 0.3) is 10.9 Å². The molecule has 1 atom stereocenters. The highest BCUT2D eigenvalue weighted by Crippen LogP contribution is 2.40. The smallest absolute Gasteiger partial charge is 0.184 e. The zero-order valence-corrected chi connectivity index (χ0v) is 10.7. The fraction of sp³-hybridized carbons (Fsp3) is 0.429. The summed E-state index contributed by atoms with van der Waals surface area (Å²) in [5.74, 6) is 1.51. The summed E-state index contributed by atoms with van der Waals surface area (Å²) in [6.45, 7) is 0. The zero-order valence-electron chi connectivity index (χ0n) is 10.7. The molecule has 96 valence electrons. The first-order valence-electron chi connectivity index (χ1n) is 6.27. The fourth-order valence-electron chi connectivity index (χ4n) is 2.89. The maximum atomic E-state index is 6.17. The molecule has 0 radical (unpaired) electrons. The monoisotopic (exact) mass is 246 g/mol. The molecule has 3 N–H and O–H groups in total. The number of hydrogen-bond acceptors (Lipinski definition) is 3. The van der Waals surface area contributed by atoms with E-state index >= 15 is 0 Å². The average Bonchev–Trinajstić information content (AvgIpc) is 2.77. The Hall–Kier alpha value is -1.68. The van der Waals surface area contributed by atoms with Crippen LogP contribution in [0.3, 0.4) is 0 Å². The Bertz CT molecular complexity index is 589. The second kappa shape index (κ2) is 4.21. The van der Waals surface area contributed by atoms with Gasteiger partial charge in [-0.05, 0) is 37.0 Å². The van der Waals surface area contributed by atoms with Gasteiger partial charge in [0.25, 0.3) is 0 Å². The molecular formula is C14H18N2O2. The van der Waals surface area contributed by atoms with Crippen molar-refractivity contribution in [1.82, 2.24) is 4.98 Å². The molecule has 0 aliphatic heterocycles. The number of rotatable bonds is 2. The van der Waals surface area contributed by atoms with Crippen molar-refractivity contribution >= 4 is 10.9 Å². The van der Waals surface area contributed by atoms with Crippen LogP contribution in [0, 0.1) is 0 Å². The predicted octanol–water partition coefficient (Wildman–Crippen LogP) is 2.52. The van der Waals surface area contributed by atoms with E-state index in [1.54, 1.807) is 14.2 Å². The van der Waals surface area contributed by atoms with Gasteiger partial charge in [0.15, 0.2) is 11.5 Å². The number of nitrogens with one attached hydrogen (secondary N) is 1. The van der Waals surface area contributed by atoms with Crippen LogP contribution in [0.2, 0.25) is 0 Å². The number of hydrogen-bond donors (Lipinski definition) is 2. The zero-order chi connectivity index (χ0) is 12.7. The number of aromatic nitrogens is 1. The Morgan fingerprint density at radius 3 is 2.83 bits per heavy atom. The van der Waals surface area contributed by atoms with E-state index < -0.39 is 0 Å². The summed E-state index contributed by atoms with van der Waals surface area (Å²) in [4.78, 5) is 3.43. The molecule has 0 saturated carbocycles. The lowest BCUT2D eigenvalue weighted by Gasteiger charge is -2.18. The van der Waals surface area contributed by atoms with E-state index in [4.69, 9.17) is 15.2 Å². The van der Waals surface area contributed by atoms with Crippen LogP contribution >= 0.6 is 0 Å². The van der Waals surface area contributed by atoms with Gasteiger partial charge in [0, 0.05) is 17.1 Å². The van der Waals surface area contributed by atoms with Gasteiger partial charge >= 0.3 is 0 Å². The number of aryl methyl sites for hydroxylation is 1. The lowest BCUT2D eigenvalue weighted by Crippen LogP contribution is -2.16. The van der Waals surface area contributed by atoms with Gasteiger partial charge in [0.1, 0.15) is 0 Å². The third-order valence-corrected chi connectivity index (χ3v) is 3.77. The van der Waals surface area contributed by atoms with Gasteiger partial charge in [-0.2, -0.15) is 0 Å². The minimum absolute atomic E-state index is 0.108. The highest BCUT2D eigenvalue weighted by molar-refractivity contribution is 5.92. The molecule has 1 aliphatic rings. The summed E-state index contributed by atoms with van der Waals surface area (Å²) in [5, 5.41) is 1.21. The lowest BCUT2D eigenvalue weighted by molar-refractivity contribution is 0.358. The number of H-pyrrole nitrogens is 1. The van der Waals surface area contributed by atoms with Crippen LogP contribution in [0.5, 0.6) is 11.5 Å². The summed E-state index contributed by atoms with van der Waals surface area (Å²) < 4.78 is 10.8. The minimum Gasteiger partial charge on any atom is -0.493 e. The minimum atomic E-state index is 0.108. The normalized spacial score (nSPS) is 18.7. The van der Waals surface area contributed by atoms with Gasteiger partial charge in [-0.25, -0.2) is 0 Å². The first-order chi connectivity index (χ1) is 8.76. The molecule has 0 amide bonds. The molecule has 1 heterocycles. The number of nitrogens with two attached hydrogens (primary N) is 1. The maximum absolute atomic E-state index is 6.17.